The molecular formula is C17H12ClFN2O3. The summed E-state index contributed by atoms with van der Waals surface area (Å²) in [6.45, 7) is 1.57. The van der Waals surface area contributed by atoms with Crippen LogP contribution in [0.3, 0.4) is 0 Å². The highest BCUT2D eigenvalue weighted by atomic mass is 35.5. The van der Waals surface area contributed by atoms with Gasteiger partial charge in [-0.15, -0.1) is 0 Å². The Labute approximate surface area is 141 Å². The molecule has 2 aromatic carbocycles. The minimum absolute atomic E-state index is 0.0352. The van der Waals surface area contributed by atoms with E-state index in [-0.39, 0.29) is 22.0 Å². The molecule has 0 aliphatic heterocycles. The summed E-state index contributed by atoms with van der Waals surface area (Å²) in [5, 5.41) is 0.397. The molecule has 1 atom stereocenters. The first-order valence-corrected chi connectivity index (χ1v) is 7.48. The number of carbonyl (C=O) groups is 1. The first kappa shape index (κ1) is 16.1. The van der Waals surface area contributed by atoms with Gasteiger partial charge in [-0.05, 0) is 37.3 Å². The van der Waals surface area contributed by atoms with Crippen LogP contribution >= 0.6 is 11.6 Å². The SMILES string of the molecule is C[C@H](OC(=O)c1ccc(F)cc1Cl)c1nc2ccccc2c(=O)[nH]1. The molecule has 7 heteroatoms. The van der Waals surface area contributed by atoms with E-state index < -0.39 is 17.9 Å². The Bertz CT molecular complexity index is 987. The van der Waals surface area contributed by atoms with Crippen LogP contribution in [-0.2, 0) is 4.74 Å². The fourth-order valence-electron chi connectivity index (χ4n) is 2.23. The summed E-state index contributed by atoms with van der Waals surface area (Å²) in [5.74, 6) is -1.07. The molecule has 0 aliphatic rings. The van der Waals surface area contributed by atoms with Gasteiger partial charge in [-0.1, -0.05) is 23.7 Å². The van der Waals surface area contributed by atoms with E-state index in [0.717, 1.165) is 12.1 Å². The molecule has 0 spiro atoms. The van der Waals surface area contributed by atoms with Crippen molar-refractivity contribution in [2.75, 3.05) is 0 Å². The topological polar surface area (TPSA) is 72.0 Å². The van der Waals surface area contributed by atoms with Crippen molar-refractivity contribution in [2.24, 2.45) is 0 Å². The van der Waals surface area contributed by atoms with Gasteiger partial charge in [-0.3, -0.25) is 4.79 Å². The van der Waals surface area contributed by atoms with Gasteiger partial charge in [0.15, 0.2) is 11.9 Å². The molecular weight excluding hydrogens is 335 g/mol. The zero-order valence-corrected chi connectivity index (χ0v) is 13.3. The van der Waals surface area contributed by atoms with E-state index in [0.29, 0.717) is 10.9 Å². The molecule has 0 aliphatic carbocycles. The predicted molar refractivity (Wildman–Crippen MR) is 87.6 cm³/mol. The van der Waals surface area contributed by atoms with Crippen LogP contribution in [0.1, 0.15) is 29.2 Å². The summed E-state index contributed by atoms with van der Waals surface area (Å²) in [4.78, 5) is 31.1. The number of ether oxygens (including phenoxy) is 1. The van der Waals surface area contributed by atoms with Crippen LogP contribution in [0, 0.1) is 5.82 Å². The van der Waals surface area contributed by atoms with Crippen molar-refractivity contribution < 1.29 is 13.9 Å². The summed E-state index contributed by atoms with van der Waals surface area (Å²) < 4.78 is 18.3. The van der Waals surface area contributed by atoms with Gasteiger partial charge < -0.3 is 9.72 Å². The lowest BCUT2D eigenvalue weighted by atomic mass is 10.2. The molecule has 24 heavy (non-hydrogen) atoms. The third-order valence-corrected chi connectivity index (χ3v) is 3.76. The van der Waals surface area contributed by atoms with Crippen molar-refractivity contribution in [2.45, 2.75) is 13.0 Å². The standard InChI is InChI=1S/C17H12ClFN2O3/c1-9(24-17(23)11-7-6-10(19)8-13(11)18)15-20-14-5-3-2-4-12(14)16(22)21-15/h2-9H,1H3,(H,20,21,22)/t9-/m0/s1. The highest BCUT2D eigenvalue weighted by Gasteiger charge is 2.19. The molecule has 1 N–H and O–H groups in total. The van der Waals surface area contributed by atoms with Crippen LogP contribution in [0.5, 0.6) is 0 Å². The number of hydrogen-bond donors (Lipinski definition) is 1. The summed E-state index contributed by atoms with van der Waals surface area (Å²) in [6, 6.07) is 10.2. The lowest BCUT2D eigenvalue weighted by Gasteiger charge is -2.13. The Hall–Kier alpha value is -2.73. The van der Waals surface area contributed by atoms with E-state index in [1.807, 2.05) is 0 Å². The fraction of sp³-hybridized carbons (Fsp3) is 0.118. The average Bonchev–Trinajstić information content (AvgIpc) is 2.54. The van der Waals surface area contributed by atoms with Gasteiger partial charge in [0.05, 0.1) is 21.5 Å². The Morgan fingerprint density at radius 3 is 2.79 bits per heavy atom. The lowest BCUT2D eigenvalue weighted by molar-refractivity contribution is 0.0320. The number of halogens is 2. The summed E-state index contributed by atoms with van der Waals surface area (Å²) in [6.07, 6.45) is -0.809. The zero-order chi connectivity index (χ0) is 17.3. The second kappa shape index (κ2) is 6.41. The number of nitrogens with zero attached hydrogens (tertiary/aromatic N) is 1. The second-order valence-corrected chi connectivity index (χ2v) is 5.55. The number of aromatic amines is 1. The van der Waals surface area contributed by atoms with Crippen LogP contribution < -0.4 is 5.56 Å². The third-order valence-electron chi connectivity index (χ3n) is 3.45. The maximum atomic E-state index is 13.0. The van der Waals surface area contributed by atoms with Crippen molar-refractivity contribution in [3.63, 3.8) is 0 Å². The first-order chi connectivity index (χ1) is 11.5. The molecule has 0 unspecified atom stereocenters. The number of rotatable bonds is 3. The molecule has 1 aromatic heterocycles. The van der Waals surface area contributed by atoms with Gasteiger partial charge in [0.2, 0.25) is 0 Å². The van der Waals surface area contributed by atoms with Crippen LogP contribution in [0.2, 0.25) is 5.02 Å². The van der Waals surface area contributed by atoms with Crippen molar-refractivity contribution >= 4 is 28.5 Å². The van der Waals surface area contributed by atoms with Gasteiger partial charge in [-0.25, -0.2) is 14.2 Å². The van der Waals surface area contributed by atoms with Crippen molar-refractivity contribution in [3.8, 4) is 0 Å². The molecule has 3 rings (SSSR count). The number of benzene rings is 2. The first-order valence-electron chi connectivity index (χ1n) is 7.10. The monoisotopic (exact) mass is 346 g/mol. The smallest absolute Gasteiger partial charge is 0.340 e. The predicted octanol–water partition coefficient (Wildman–Crippen LogP) is 3.63. The lowest BCUT2D eigenvalue weighted by Crippen LogP contribution is -2.17. The van der Waals surface area contributed by atoms with E-state index in [1.54, 1.807) is 31.2 Å². The van der Waals surface area contributed by atoms with Crippen LogP contribution in [0.15, 0.2) is 47.3 Å². The maximum Gasteiger partial charge on any atom is 0.340 e. The Kier molecular flexibility index (Phi) is 4.31. The number of hydrogen-bond acceptors (Lipinski definition) is 4. The van der Waals surface area contributed by atoms with Crippen LogP contribution in [-0.4, -0.2) is 15.9 Å². The van der Waals surface area contributed by atoms with E-state index in [9.17, 15) is 14.0 Å². The molecule has 0 saturated carbocycles. The largest absolute Gasteiger partial charge is 0.451 e. The zero-order valence-electron chi connectivity index (χ0n) is 12.5. The molecule has 0 fully saturated rings. The van der Waals surface area contributed by atoms with E-state index in [1.165, 1.54) is 6.07 Å². The number of esters is 1. The average molecular weight is 347 g/mol. The number of carbonyl (C=O) groups excluding carboxylic acids is 1. The summed E-state index contributed by atoms with van der Waals surface area (Å²) >= 11 is 5.84. The van der Waals surface area contributed by atoms with Crippen molar-refractivity contribution in [1.29, 1.82) is 0 Å². The molecule has 0 amide bonds. The molecule has 3 aromatic rings. The minimum atomic E-state index is -0.809. The van der Waals surface area contributed by atoms with Crippen molar-refractivity contribution in [3.05, 3.63) is 75.0 Å². The highest BCUT2D eigenvalue weighted by Crippen LogP contribution is 2.21. The molecule has 0 bridgehead atoms. The van der Waals surface area contributed by atoms with E-state index >= 15 is 0 Å². The summed E-state index contributed by atoms with van der Waals surface area (Å²) in [7, 11) is 0. The van der Waals surface area contributed by atoms with Gasteiger partial charge in [0.1, 0.15) is 5.82 Å². The number of H-pyrrole nitrogens is 1. The van der Waals surface area contributed by atoms with Gasteiger partial charge in [0, 0.05) is 0 Å². The number of nitrogens with one attached hydrogen (secondary N) is 1. The molecule has 5 nitrogen and oxygen atoms in total. The Morgan fingerprint density at radius 1 is 1.29 bits per heavy atom. The Balaban J connectivity index is 1.88. The quantitative estimate of drug-likeness (QED) is 0.735. The highest BCUT2D eigenvalue weighted by molar-refractivity contribution is 6.33. The maximum absolute atomic E-state index is 13.0. The Morgan fingerprint density at radius 2 is 2.04 bits per heavy atom. The number of aromatic nitrogens is 2. The van der Waals surface area contributed by atoms with Crippen LogP contribution in [0.25, 0.3) is 10.9 Å². The number of fused-ring (bicyclic) bond motifs is 1. The summed E-state index contributed by atoms with van der Waals surface area (Å²) in [5.41, 5.74) is 0.213. The van der Waals surface area contributed by atoms with Crippen LogP contribution in [0.4, 0.5) is 4.39 Å². The number of para-hydroxylation sites is 1. The molecule has 122 valence electrons. The van der Waals surface area contributed by atoms with Gasteiger partial charge >= 0.3 is 5.97 Å². The van der Waals surface area contributed by atoms with Gasteiger partial charge in [0.25, 0.3) is 5.56 Å². The van der Waals surface area contributed by atoms with E-state index in [4.69, 9.17) is 16.3 Å². The molecule has 1 heterocycles. The van der Waals surface area contributed by atoms with E-state index in [2.05, 4.69) is 9.97 Å². The van der Waals surface area contributed by atoms with Gasteiger partial charge in [-0.2, -0.15) is 0 Å². The fourth-order valence-corrected chi connectivity index (χ4v) is 2.48. The molecule has 0 saturated heterocycles. The molecule has 0 radical (unpaired) electrons. The third kappa shape index (κ3) is 3.14. The van der Waals surface area contributed by atoms with Crippen molar-refractivity contribution in [1.82, 2.24) is 9.97 Å². The minimum Gasteiger partial charge on any atom is -0.451 e. The normalized spacial score (nSPS) is 12.1. The second-order valence-electron chi connectivity index (χ2n) is 5.14.